The van der Waals surface area contributed by atoms with Gasteiger partial charge in [-0.15, -0.1) is 11.6 Å². The molecule has 0 aromatic carbocycles. The molecule has 0 rings (SSSR count). The van der Waals surface area contributed by atoms with Crippen LogP contribution in [0.4, 0.5) is 0 Å². The van der Waals surface area contributed by atoms with Crippen LogP contribution in [0.2, 0.25) is 0 Å². The molecule has 0 aliphatic rings. The van der Waals surface area contributed by atoms with Gasteiger partial charge in [0.05, 0.1) is 17.5 Å². The minimum Gasteiger partial charge on any atom is -0.303 e. The van der Waals surface area contributed by atoms with E-state index in [4.69, 9.17) is 16.9 Å². The number of nitriles is 1. The fourth-order valence-corrected chi connectivity index (χ4v) is 0.372. The van der Waals surface area contributed by atoms with Gasteiger partial charge in [-0.1, -0.05) is 0 Å². The van der Waals surface area contributed by atoms with Gasteiger partial charge in [-0.3, -0.25) is 0 Å². The van der Waals surface area contributed by atoms with E-state index in [9.17, 15) is 0 Å². The highest BCUT2D eigenvalue weighted by Crippen LogP contribution is 2.03. The molecule has 0 spiro atoms. The standard InChI is InChI=1S/C5H9ClN2/c1-4(3-7)5(6)8-2/h4-5,8H,1-2H3/t4-,5?/m0/s1. The molecule has 1 N–H and O–H groups in total. The van der Waals surface area contributed by atoms with Gasteiger partial charge in [-0.25, -0.2) is 0 Å². The molecule has 8 heavy (non-hydrogen) atoms. The van der Waals surface area contributed by atoms with Crippen LogP contribution in [0.3, 0.4) is 0 Å². The van der Waals surface area contributed by atoms with Gasteiger partial charge < -0.3 is 5.32 Å². The molecular weight excluding hydrogens is 124 g/mol. The van der Waals surface area contributed by atoms with Crippen molar-refractivity contribution in [3.63, 3.8) is 0 Å². The first-order chi connectivity index (χ1) is 3.72. The number of halogens is 1. The lowest BCUT2D eigenvalue weighted by Gasteiger charge is -2.07. The predicted octanol–water partition coefficient (Wildman–Crippen LogP) is 0.930. The highest BCUT2D eigenvalue weighted by molar-refractivity contribution is 6.20. The maximum atomic E-state index is 8.26. The number of nitrogens with zero attached hydrogens (tertiary/aromatic N) is 1. The smallest absolute Gasteiger partial charge is 0.0980 e. The second kappa shape index (κ2) is 3.71. The van der Waals surface area contributed by atoms with Crippen molar-refractivity contribution in [3.8, 4) is 6.07 Å². The van der Waals surface area contributed by atoms with E-state index in [0.29, 0.717) is 0 Å². The molecule has 2 atom stereocenters. The zero-order valence-electron chi connectivity index (χ0n) is 4.98. The van der Waals surface area contributed by atoms with E-state index in [0.717, 1.165) is 0 Å². The molecule has 0 fully saturated rings. The van der Waals surface area contributed by atoms with Crippen molar-refractivity contribution in [3.05, 3.63) is 0 Å². The summed E-state index contributed by atoms with van der Waals surface area (Å²) in [4.78, 5) is 0. The third kappa shape index (κ3) is 2.15. The number of rotatable bonds is 2. The number of hydrogen-bond donors (Lipinski definition) is 1. The Labute approximate surface area is 54.4 Å². The number of nitrogens with one attached hydrogen (secondary N) is 1. The Balaban J connectivity index is 3.49. The first kappa shape index (κ1) is 7.74. The lowest BCUT2D eigenvalue weighted by Crippen LogP contribution is -2.24. The zero-order chi connectivity index (χ0) is 6.57. The third-order valence-electron chi connectivity index (χ3n) is 0.918. The molecule has 3 heteroatoms. The van der Waals surface area contributed by atoms with E-state index in [1.165, 1.54) is 0 Å². The van der Waals surface area contributed by atoms with Gasteiger partial charge >= 0.3 is 0 Å². The largest absolute Gasteiger partial charge is 0.303 e. The molecule has 0 aromatic rings. The van der Waals surface area contributed by atoms with Gasteiger partial charge in [0.1, 0.15) is 0 Å². The lowest BCUT2D eigenvalue weighted by molar-refractivity contribution is 0.604. The van der Waals surface area contributed by atoms with Gasteiger partial charge in [0.15, 0.2) is 0 Å². The van der Waals surface area contributed by atoms with E-state index in [2.05, 4.69) is 5.32 Å². The third-order valence-corrected chi connectivity index (χ3v) is 1.51. The molecule has 0 heterocycles. The number of alkyl halides is 1. The van der Waals surface area contributed by atoms with E-state index in [1.807, 2.05) is 6.07 Å². The summed E-state index contributed by atoms with van der Waals surface area (Å²) >= 11 is 5.58. The van der Waals surface area contributed by atoms with Crippen LogP contribution in [0.1, 0.15) is 6.92 Å². The summed E-state index contributed by atoms with van der Waals surface area (Å²) in [6.45, 7) is 1.77. The van der Waals surface area contributed by atoms with Crippen molar-refractivity contribution in [1.29, 1.82) is 5.26 Å². The molecule has 2 nitrogen and oxygen atoms in total. The lowest BCUT2D eigenvalue weighted by atomic mass is 10.2. The van der Waals surface area contributed by atoms with Gasteiger partial charge in [0.2, 0.25) is 0 Å². The van der Waals surface area contributed by atoms with Crippen LogP contribution < -0.4 is 5.32 Å². The van der Waals surface area contributed by atoms with E-state index < -0.39 is 0 Å². The van der Waals surface area contributed by atoms with E-state index in [-0.39, 0.29) is 11.4 Å². The van der Waals surface area contributed by atoms with Crippen molar-refractivity contribution < 1.29 is 0 Å². The summed E-state index contributed by atoms with van der Waals surface area (Å²) in [7, 11) is 1.73. The average Bonchev–Trinajstić information content (AvgIpc) is 1.84. The predicted molar refractivity (Wildman–Crippen MR) is 33.5 cm³/mol. The molecular formula is C5H9ClN2. The van der Waals surface area contributed by atoms with Gasteiger partial charge in [0.25, 0.3) is 0 Å². The molecule has 0 aliphatic carbocycles. The molecule has 0 aromatic heterocycles. The molecule has 0 saturated carbocycles. The zero-order valence-corrected chi connectivity index (χ0v) is 5.74. The summed E-state index contributed by atoms with van der Waals surface area (Å²) in [6.07, 6.45) is 0. The fourth-order valence-electron chi connectivity index (χ4n) is 0.315. The molecule has 0 amide bonds. The Morgan fingerprint density at radius 1 is 1.75 bits per heavy atom. The molecule has 0 saturated heterocycles. The highest BCUT2D eigenvalue weighted by atomic mass is 35.5. The Morgan fingerprint density at radius 3 is 2.38 bits per heavy atom. The summed E-state index contributed by atoms with van der Waals surface area (Å²) < 4.78 is 0. The Kier molecular flexibility index (Phi) is 3.59. The van der Waals surface area contributed by atoms with E-state index in [1.54, 1.807) is 14.0 Å². The SMILES string of the molecule is CNC(Cl)[C@@H](C)C#N. The monoisotopic (exact) mass is 132 g/mol. The second-order valence-electron chi connectivity index (χ2n) is 1.61. The van der Waals surface area contributed by atoms with Crippen LogP contribution in [0.15, 0.2) is 0 Å². The molecule has 0 aliphatic heterocycles. The van der Waals surface area contributed by atoms with Crippen LogP contribution in [0.5, 0.6) is 0 Å². The Hall–Kier alpha value is -0.260. The minimum atomic E-state index is -0.222. The van der Waals surface area contributed by atoms with Crippen molar-refractivity contribution in [2.24, 2.45) is 5.92 Å². The first-order valence-corrected chi connectivity index (χ1v) is 2.87. The van der Waals surface area contributed by atoms with Crippen molar-refractivity contribution in [2.75, 3.05) is 7.05 Å². The van der Waals surface area contributed by atoms with Crippen LogP contribution in [0, 0.1) is 17.2 Å². The number of hydrogen-bond acceptors (Lipinski definition) is 2. The van der Waals surface area contributed by atoms with E-state index >= 15 is 0 Å². The molecule has 0 bridgehead atoms. The van der Waals surface area contributed by atoms with Crippen LogP contribution in [-0.2, 0) is 0 Å². The Morgan fingerprint density at radius 2 is 2.25 bits per heavy atom. The first-order valence-electron chi connectivity index (χ1n) is 2.43. The molecule has 0 radical (unpaired) electrons. The van der Waals surface area contributed by atoms with Crippen molar-refractivity contribution in [1.82, 2.24) is 5.32 Å². The average molecular weight is 133 g/mol. The highest BCUT2D eigenvalue weighted by Gasteiger charge is 2.08. The van der Waals surface area contributed by atoms with Crippen LogP contribution >= 0.6 is 11.6 Å². The molecule has 46 valence electrons. The van der Waals surface area contributed by atoms with Gasteiger partial charge in [-0.05, 0) is 14.0 Å². The fraction of sp³-hybridized carbons (Fsp3) is 0.800. The minimum absolute atomic E-state index is 0.123. The van der Waals surface area contributed by atoms with Gasteiger partial charge in [-0.2, -0.15) is 5.26 Å². The van der Waals surface area contributed by atoms with Crippen molar-refractivity contribution in [2.45, 2.75) is 12.4 Å². The summed E-state index contributed by atoms with van der Waals surface area (Å²) in [5.74, 6) is -0.123. The topological polar surface area (TPSA) is 35.8 Å². The van der Waals surface area contributed by atoms with Gasteiger partial charge in [0, 0.05) is 0 Å². The quantitative estimate of drug-likeness (QED) is 0.448. The maximum Gasteiger partial charge on any atom is 0.0980 e. The van der Waals surface area contributed by atoms with Crippen LogP contribution in [-0.4, -0.2) is 12.5 Å². The van der Waals surface area contributed by atoms with Crippen LogP contribution in [0.25, 0.3) is 0 Å². The summed E-state index contributed by atoms with van der Waals surface area (Å²) in [6, 6.07) is 2.02. The Bertz CT molecular complexity index is 97.1. The second-order valence-corrected chi connectivity index (χ2v) is 2.08. The normalized spacial score (nSPS) is 16.8. The maximum absolute atomic E-state index is 8.26. The molecule has 1 unspecified atom stereocenters. The summed E-state index contributed by atoms with van der Waals surface area (Å²) in [5.41, 5.74) is -0.222. The van der Waals surface area contributed by atoms with Crippen molar-refractivity contribution >= 4 is 11.6 Å². The summed E-state index contributed by atoms with van der Waals surface area (Å²) in [5, 5.41) is 11.0.